The van der Waals surface area contributed by atoms with Crippen LogP contribution in [0.1, 0.15) is 26.4 Å². The highest BCUT2D eigenvalue weighted by Crippen LogP contribution is 2.11. The van der Waals surface area contributed by atoms with Gasteiger partial charge in [-0.1, -0.05) is 12.1 Å². The number of aromatic carboxylic acids is 1. The van der Waals surface area contributed by atoms with Crippen molar-refractivity contribution in [1.82, 2.24) is 10.3 Å². The first-order valence-electron chi connectivity index (χ1n) is 6.21. The van der Waals surface area contributed by atoms with E-state index in [4.69, 9.17) is 9.84 Å². The van der Waals surface area contributed by atoms with Crippen molar-refractivity contribution in [2.75, 3.05) is 7.11 Å². The Balaban J connectivity index is 2.06. The van der Waals surface area contributed by atoms with Gasteiger partial charge >= 0.3 is 5.97 Å². The van der Waals surface area contributed by atoms with Crippen molar-refractivity contribution < 1.29 is 19.4 Å². The Kier molecular flexibility index (Phi) is 4.50. The highest BCUT2D eigenvalue weighted by molar-refractivity contribution is 6.03. The number of pyridine rings is 1. The second kappa shape index (κ2) is 6.51. The molecular weight excluding hydrogens is 272 g/mol. The Morgan fingerprint density at radius 1 is 1.24 bits per heavy atom. The number of nitrogens with zero attached hydrogens (tertiary/aromatic N) is 1. The predicted molar refractivity (Wildman–Crippen MR) is 75.4 cm³/mol. The van der Waals surface area contributed by atoms with E-state index in [0.717, 1.165) is 11.3 Å². The molecule has 2 rings (SSSR count). The molecule has 108 valence electrons. The van der Waals surface area contributed by atoms with Crippen LogP contribution in [-0.2, 0) is 6.54 Å². The van der Waals surface area contributed by atoms with Gasteiger partial charge in [-0.2, -0.15) is 0 Å². The first-order chi connectivity index (χ1) is 10.1. The number of ether oxygens (including phenoxy) is 1. The fourth-order valence-corrected chi connectivity index (χ4v) is 1.77. The molecule has 0 atom stereocenters. The number of nitrogens with one attached hydrogen (secondary N) is 1. The molecular formula is C15H14N2O4. The highest BCUT2D eigenvalue weighted by Gasteiger charge is 2.17. The van der Waals surface area contributed by atoms with Crippen molar-refractivity contribution in [3.63, 3.8) is 0 Å². The molecule has 1 heterocycles. The minimum Gasteiger partial charge on any atom is -0.497 e. The average Bonchev–Trinajstić information content (AvgIpc) is 2.53. The van der Waals surface area contributed by atoms with Gasteiger partial charge in [0.2, 0.25) is 0 Å². The van der Waals surface area contributed by atoms with Crippen LogP contribution in [-0.4, -0.2) is 29.1 Å². The van der Waals surface area contributed by atoms with E-state index >= 15 is 0 Å². The SMILES string of the molecule is COc1ccc(CNC(=O)c2ncccc2C(=O)O)cc1. The molecule has 6 heteroatoms. The molecule has 21 heavy (non-hydrogen) atoms. The van der Waals surface area contributed by atoms with E-state index in [2.05, 4.69) is 10.3 Å². The molecule has 0 saturated heterocycles. The zero-order chi connectivity index (χ0) is 15.2. The summed E-state index contributed by atoms with van der Waals surface area (Å²) in [4.78, 5) is 26.9. The molecule has 0 unspecified atom stereocenters. The average molecular weight is 286 g/mol. The van der Waals surface area contributed by atoms with Crippen LogP contribution >= 0.6 is 0 Å². The second-order valence-corrected chi connectivity index (χ2v) is 4.24. The summed E-state index contributed by atoms with van der Waals surface area (Å²) in [5, 5.41) is 11.7. The number of benzene rings is 1. The largest absolute Gasteiger partial charge is 0.497 e. The summed E-state index contributed by atoms with van der Waals surface area (Å²) in [7, 11) is 1.57. The quantitative estimate of drug-likeness (QED) is 0.873. The van der Waals surface area contributed by atoms with Gasteiger partial charge in [0, 0.05) is 12.7 Å². The van der Waals surface area contributed by atoms with Gasteiger partial charge < -0.3 is 15.2 Å². The first kappa shape index (κ1) is 14.5. The fourth-order valence-electron chi connectivity index (χ4n) is 1.77. The third kappa shape index (κ3) is 3.56. The summed E-state index contributed by atoms with van der Waals surface area (Å²) >= 11 is 0. The molecule has 1 aromatic heterocycles. The van der Waals surface area contributed by atoms with E-state index in [-0.39, 0.29) is 17.8 Å². The van der Waals surface area contributed by atoms with Gasteiger partial charge in [-0.25, -0.2) is 4.79 Å². The van der Waals surface area contributed by atoms with Gasteiger partial charge in [0.05, 0.1) is 12.7 Å². The van der Waals surface area contributed by atoms with Crippen molar-refractivity contribution in [2.45, 2.75) is 6.54 Å². The van der Waals surface area contributed by atoms with Crippen LogP contribution in [0, 0.1) is 0 Å². The molecule has 0 saturated carbocycles. The Bertz CT molecular complexity index is 653. The lowest BCUT2D eigenvalue weighted by Crippen LogP contribution is -2.26. The molecule has 0 radical (unpaired) electrons. The third-order valence-corrected chi connectivity index (χ3v) is 2.87. The minimum absolute atomic E-state index is 0.0986. The monoisotopic (exact) mass is 286 g/mol. The van der Waals surface area contributed by atoms with Gasteiger partial charge in [-0.3, -0.25) is 9.78 Å². The molecule has 1 amide bonds. The number of rotatable bonds is 5. The zero-order valence-electron chi connectivity index (χ0n) is 11.4. The molecule has 2 N–H and O–H groups in total. The first-order valence-corrected chi connectivity index (χ1v) is 6.21. The van der Waals surface area contributed by atoms with E-state index < -0.39 is 11.9 Å². The predicted octanol–water partition coefficient (Wildman–Crippen LogP) is 1.72. The lowest BCUT2D eigenvalue weighted by molar-refractivity contribution is 0.0690. The zero-order valence-corrected chi connectivity index (χ0v) is 11.4. The molecule has 0 aliphatic carbocycles. The molecule has 0 spiro atoms. The standard InChI is InChI=1S/C15H14N2O4/c1-21-11-6-4-10(5-7-11)9-17-14(18)13-12(15(19)20)3-2-8-16-13/h2-8H,9H2,1H3,(H,17,18)(H,19,20). The van der Waals surface area contributed by atoms with Crippen LogP contribution in [0.25, 0.3) is 0 Å². The van der Waals surface area contributed by atoms with Gasteiger partial charge in [0.1, 0.15) is 11.4 Å². The number of carboxylic acids is 1. The number of methoxy groups -OCH3 is 1. The van der Waals surface area contributed by atoms with Crippen molar-refractivity contribution in [3.05, 3.63) is 59.4 Å². The smallest absolute Gasteiger partial charge is 0.338 e. The minimum atomic E-state index is -1.18. The number of aromatic nitrogens is 1. The van der Waals surface area contributed by atoms with Gasteiger partial charge in [0.25, 0.3) is 5.91 Å². The van der Waals surface area contributed by atoms with Crippen LogP contribution in [0.4, 0.5) is 0 Å². The van der Waals surface area contributed by atoms with Crippen molar-refractivity contribution in [3.8, 4) is 5.75 Å². The summed E-state index contributed by atoms with van der Waals surface area (Å²) in [6.45, 7) is 0.276. The van der Waals surface area contributed by atoms with Crippen LogP contribution in [0.2, 0.25) is 0 Å². The number of hydrogen-bond donors (Lipinski definition) is 2. The topological polar surface area (TPSA) is 88.5 Å². The van der Waals surface area contributed by atoms with Gasteiger partial charge in [0.15, 0.2) is 0 Å². The second-order valence-electron chi connectivity index (χ2n) is 4.24. The summed E-state index contributed by atoms with van der Waals surface area (Å²) in [5.74, 6) is -0.982. The van der Waals surface area contributed by atoms with Crippen LogP contribution in [0.3, 0.4) is 0 Å². The van der Waals surface area contributed by atoms with E-state index in [1.807, 2.05) is 12.1 Å². The molecule has 0 aliphatic heterocycles. The molecule has 2 aromatic rings. The van der Waals surface area contributed by atoms with Crippen molar-refractivity contribution in [2.24, 2.45) is 0 Å². The molecule has 1 aromatic carbocycles. The number of carbonyl (C=O) groups is 2. The maximum atomic E-state index is 12.0. The van der Waals surface area contributed by atoms with Crippen molar-refractivity contribution >= 4 is 11.9 Å². The van der Waals surface area contributed by atoms with E-state index in [1.165, 1.54) is 18.3 Å². The summed E-state index contributed by atoms with van der Waals surface area (Å²) < 4.78 is 5.04. The number of hydrogen-bond acceptors (Lipinski definition) is 4. The van der Waals surface area contributed by atoms with E-state index in [1.54, 1.807) is 19.2 Å². The van der Waals surface area contributed by atoms with Gasteiger partial charge in [-0.05, 0) is 29.8 Å². The van der Waals surface area contributed by atoms with Crippen LogP contribution in [0.5, 0.6) is 5.75 Å². The van der Waals surface area contributed by atoms with Gasteiger partial charge in [-0.15, -0.1) is 0 Å². The van der Waals surface area contributed by atoms with E-state index in [0.29, 0.717) is 0 Å². The lowest BCUT2D eigenvalue weighted by Gasteiger charge is -2.07. The Morgan fingerprint density at radius 2 is 1.95 bits per heavy atom. The normalized spacial score (nSPS) is 9.95. The fraction of sp³-hybridized carbons (Fsp3) is 0.133. The molecule has 0 aliphatic rings. The Hall–Kier alpha value is -2.89. The Morgan fingerprint density at radius 3 is 2.57 bits per heavy atom. The summed E-state index contributed by atoms with van der Waals surface area (Å²) in [6.07, 6.45) is 1.38. The molecule has 6 nitrogen and oxygen atoms in total. The van der Waals surface area contributed by atoms with E-state index in [9.17, 15) is 9.59 Å². The third-order valence-electron chi connectivity index (χ3n) is 2.87. The number of amides is 1. The number of carboxylic acid groups (broad SMARTS) is 1. The highest BCUT2D eigenvalue weighted by atomic mass is 16.5. The summed E-state index contributed by atoms with van der Waals surface area (Å²) in [6, 6.07) is 10.0. The lowest BCUT2D eigenvalue weighted by atomic mass is 10.1. The van der Waals surface area contributed by atoms with Crippen LogP contribution in [0.15, 0.2) is 42.6 Å². The maximum Gasteiger partial charge on any atom is 0.338 e. The molecule has 0 bridgehead atoms. The van der Waals surface area contributed by atoms with Crippen molar-refractivity contribution in [1.29, 1.82) is 0 Å². The number of carbonyl (C=O) groups excluding carboxylic acids is 1. The van der Waals surface area contributed by atoms with Crippen LogP contribution < -0.4 is 10.1 Å². The Labute approximate surface area is 121 Å². The summed E-state index contributed by atoms with van der Waals surface area (Å²) in [5.41, 5.74) is 0.653. The maximum absolute atomic E-state index is 12.0. The molecule has 0 fully saturated rings.